The fraction of sp³-hybridized carbons (Fsp3) is 0.778. The van der Waals surface area contributed by atoms with E-state index in [-0.39, 0.29) is 13.2 Å². The minimum Gasteiger partial charge on any atom is -0.395 e. The minimum atomic E-state index is 0.223. The summed E-state index contributed by atoms with van der Waals surface area (Å²) >= 11 is 0. The van der Waals surface area contributed by atoms with E-state index >= 15 is 0 Å². The topological polar surface area (TPSA) is 71.0 Å². The monoisotopic (exact) mass is 338 g/mol. The van der Waals surface area contributed by atoms with Gasteiger partial charge in [-0.05, 0) is 25.7 Å². The lowest BCUT2D eigenvalue weighted by Gasteiger charge is -2.20. The van der Waals surface area contributed by atoms with Crippen LogP contribution < -0.4 is 10.6 Å². The molecule has 0 aromatic heterocycles. The van der Waals surface area contributed by atoms with Crippen molar-refractivity contribution in [1.29, 1.82) is 0 Å². The Labute approximate surface area is 146 Å². The highest BCUT2D eigenvalue weighted by atomic mass is 16.3. The average Bonchev–Trinajstić information content (AvgIpc) is 3.20. The van der Waals surface area contributed by atoms with Gasteiger partial charge in [0.25, 0.3) is 0 Å². The Balaban J connectivity index is 1.44. The van der Waals surface area contributed by atoms with Crippen molar-refractivity contribution in [3.05, 3.63) is 23.8 Å². The molecular weight excluding hydrogens is 304 g/mol. The Hall–Kier alpha value is -1.40. The third-order valence-corrected chi connectivity index (χ3v) is 4.77. The van der Waals surface area contributed by atoms with Crippen LogP contribution in [-0.4, -0.2) is 59.7 Å². The molecule has 0 bridgehead atoms. The molecule has 0 amide bonds. The fourth-order valence-electron chi connectivity index (χ4n) is 3.40. The molecular formula is C18H34N4O2. The highest BCUT2D eigenvalue weighted by Crippen LogP contribution is 2.19. The van der Waals surface area contributed by atoms with Crippen LogP contribution in [0, 0.1) is 0 Å². The van der Waals surface area contributed by atoms with Gasteiger partial charge in [0.1, 0.15) is 0 Å². The third-order valence-electron chi connectivity index (χ3n) is 4.77. The van der Waals surface area contributed by atoms with Gasteiger partial charge in [0.05, 0.1) is 26.6 Å². The quantitative estimate of drug-likeness (QED) is 0.382. The lowest BCUT2D eigenvalue weighted by molar-refractivity contribution is 0.228. The number of hydrogen-bond donors (Lipinski definition) is 4. The molecule has 2 heterocycles. The molecule has 2 aliphatic heterocycles. The molecule has 0 fully saturated rings. The van der Waals surface area contributed by atoms with E-state index in [0.717, 1.165) is 39.3 Å². The normalized spacial score (nSPS) is 16.9. The van der Waals surface area contributed by atoms with Gasteiger partial charge in [-0.25, -0.2) is 0 Å². The summed E-state index contributed by atoms with van der Waals surface area (Å²) in [4.78, 5) is 4.45. The van der Waals surface area contributed by atoms with Crippen LogP contribution in [0.15, 0.2) is 23.8 Å². The van der Waals surface area contributed by atoms with Crippen LogP contribution in [0.2, 0.25) is 0 Å². The summed E-state index contributed by atoms with van der Waals surface area (Å²) in [7, 11) is 0. The molecule has 6 heteroatoms. The Bertz CT molecular complexity index is 374. The van der Waals surface area contributed by atoms with E-state index in [1.54, 1.807) is 0 Å². The molecule has 138 valence electrons. The summed E-state index contributed by atoms with van der Waals surface area (Å²) in [5.74, 6) is 0. The number of nitrogens with zero attached hydrogens (tertiary/aromatic N) is 2. The van der Waals surface area contributed by atoms with Gasteiger partial charge in [0.2, 0.25) is 0 Å². The maximum Gasteiger partial charge on any atom is 0.0870 e. The highest BCUT2D eigenvalue weighted by Gasteiger charge is 2.14. The van der Waals surface area contributed by atoms with E-state index < -0.39 is 0 Å². The molecule has 4 N–H and O–H groups in total. The molecule has 0 saturated heterocycles. The van der Waals surface area contributed by atoms with Gasteiger partial charge in [-0.3, -0.25) is 0 Å². The second kappa shape index (κ2) is 11.2. The van der Waals surface area contributed by atoms with Crippen LogP contribution in [0.1, 0.15) is 51.4 Å². The van der Waals surface area contributed by atoms with E-state index in [4.69, 9.17) is 10.2 Å². The first-order valence-corrected chi connectivity index (χ1v) is 9.41. The molecule has 0 saturated carbocycles. The van der Waals surface area contributed by atoms with Crippen molar-refractivity contribution in [1.82, 2.24) is 20.4 Å². The zero-order valence-electron chi connectivity index (χ0n) is 14.8. The van der Waals surface area contributed by atoms with Crippen molar-refractivity contribution in [2.24, 2.45) is 0 Å². The van der Waals surface area contributed by atoms with E-state index in [2.05, 4.69) is 32.8 Å². The van der Waals surface area contributed by atoms with Gasteiger partial charge < -0.3 is 30.6 Å². The van der Waals surface area contributed by atoms with Crippen LogP contribution in [0.4, 0.5) is 0 Å². The lowest BCUT2D eigenvalue weighted by Crippen LogP contribution is -2.26. The smallest absolute Gasteiger partial charge is 0.0870 e. The van der Waals surface area contributed by atoms with Gasteiger partial charge in [0.15, 0.2) is 0 Å². The summed E-state index contributed by atoms with van der Waals surface area (Å²) in [5, 5.41) is 24.6. The van der Waals surface area contributed by atoms with E-state index in [1.807, 2.05) is 0 Å². The zero-order valence-corrected chi connectivity index (χ0v) is 14.8. The summed E-state index contributed by atoms with van der Waals surface area (Å²) in [6.45, 7) is 3.59. The van der Waals surface area contributed by atoms with E-state index in [9.17, 15) is 0 Å². The number of rotatable bonds is 13. The highest BCUT2D eigenvalue weighted by molar-refractivity contribution is 5.05. The number of allylic oxidation sites excluding steroid dienone is 2. The number of unbranched alkanes of at least 4 members (excludes halogenated alkanes) is 5. The summed E-state index contributed by atoms with van der Waals surface area (Å²) in [5.41, 5.74) is 2.68. The first-order chi connectivity index (χ1) is 11.8. The number of hydrogen-bond acceptors (Lipinski definition) is 6. The minimum absolute atomic E-state index is 0.223. The standard InChI is InChI=1S/C18H34N4O2/c23-11-9-21-15-19-13-17(21)7-5-3-1-2-4-6-8-18-14-20-16-22(18)10-12-24/h13-14,19-20,23-24H,1-12,15-16H2. The van der Waals surface area contributed by atoms with Crippen LogP contribution in [-0.2, 0) is 0 Å². The predicted molar refractivity (Wildman–Crippen MR) is 96.7 cm³/mol. The maximum atomic E-state index is 9.04. The molecule has 2 rings (SSSR count). The van der Waals surface area contributed by atoms with Crippen molar-refractivity contribution in [3.63, 3.8) is 0 Å². The number of aliphatic hydroxyl groups excluding tert-OH is 2. The number of aliphatic hydroxyl groups is 2. The average molecular weight is 338 g/mol. The van der Waals surface area contributed by atoms with Gasteiger partial charge in [0, 0.05) is 36.9 Å². The molecule has 0 aliphatic carbocycles. The summed E-state index contributed by atoms with van der Waals surface area (Å²) in [6, 6.07) is 0. The first-order valence-electron chi connectivity index (χ1n) is 9.41. The second-order valence-corrected chi connectivity index (χ2v) is 6.59. The van der Waals surface area contributed by atoms with Crippen molar-refractivity contribution >= 4 is 0 Å². The zero-order chi connectivity index (χ0) is 17.0. The van der Waals surface area contributed by atoms with Gasteiger partial charge in [-0.15, -0.1) is 0 Å². The van der Waals surface area contributed by atoms with E-state index in [1.165, 1.54) is 49.9 Å². The van der Waals surface area contributed by atoms with Crippen molar-refractivity contribution < 1.29 is 10.2 Å². The van der Waals surface area contributed by atoms with Crippen LogP contribution >= 0.6 is 0 Å². The van der Waals surface area contributed by atoms with Crippen molar-refractivity contribution in [2.45, 2.75) is 51.4 Å². The SMILES string of the molecule is OCCN1CNC=C1CCCCCCCCC1=CNCN1CCO. The molecule has 0 unspecified atom stereocenters. The Morgan fingerprint density at radius 2 is 1.12 bits per heavy atom. The molecule has 6 nitrogen and oxygen atoms in total. The Morgan fingerprint density at radius 1 is 0.708 bits per heavy atom. The number of β-amino-alcohol motifs (C(OH)–C–C–N with tert-alkyl or cyclic N) is 2. The molecule has 2 aliphatic rings. The largest absolute Gasteiger partial charge is 0.395 e. The van der Waals surface area contributed by atoms with Gasteiger partial charge in [-0.2, -0.15) is 0 Å². The van der Waals surface area contributed by atoms with E-state index in [0.29, 0.717) is 0 Å². The molecule has 0 radical (unpaired) electrons. The summed E-state index contributed by atoms with van der Waals surface area (Å²) in [6.07, 6.45) is 14.0. The summed E-state index contributed by atoms with van der Waals surface area (Å²) < 4.78 is 0. The molecule has 0 aromatic rings. The number of nitrogens with one attached hydrogen (secondary N) is 2. The maximum absolute atomic E-state index is 9.04. The van der Waals surface area contributed by atoms with Crippen LogP contribution in [0.3, 0.4) is 0 Å². The Morgan fingerprint density at radius 3 is 1.54 bits per heavy atom. The Kier molecular flexibility index (Phi) is 8.84. The van der Waals surface area contributed by atoms with Crippen molar-refractivity contribution in [3.8, 4) is 0 Å². The molecule has 0 aromatic carbocycles. The van der Waals surface area contributed by atoms with Crippen LogP contribution in [0.25, 0.3) is 0 Å². The predicted octanol–water partition coefficient (Wildman–Crippen LogP) is 1.50. The molecule has 0 spiro atoms. The first kappa shape index (κ1) is 18.9. The second-order valence-electron chi connectivity index (χ2n) is 6.59. The van der Waals surface area contributed by atoms with Gasteiger partial charge in [-0.1, -0.05) is 25.7 Å². The third kappa shape index (κ3) is 6.24. The fourth-order valence-corrected chi connectivity index (χ4v) is 3.40. The molecule has 0 atom stereocenters. The van der Waals surface area contributed by atoms with Crippen molar-refractivity contribution in [2.75, 3.05) is 39.6 Å². The molecule has 24 heavy (non-hydrogen) atoms. The van der Waals surface area contributed by atoms with Crippen LogP contribution in [0.5, 0.6) is 0 Å². The van der Waals surface area contributed by atoms with Gasteiger partial charge >= 0.3 is 0 Å². The lowest BCUT2D eigenvalue weighted by atomic mass is 10.1.